The summed E-state index contributed by atoms with van der Waals surface area (Å²) < 4.78 is 0. The van der Waals surface area contributed by atoms with Gasteiger partial charge in [-0.3, -0.25) is 4.90 Å². The van der Waals surface area contributed by atoms with E-state index in [9.17, 15) is 0 Å². The maximum Gasteiger partial charge on any atom is 0.140 e. The van der Waals surface area contributed by atoms with Crippen molar-refractivity contribution in [3.63, 3.8) is 0 Å². The molecule has 3 N–H and O–H groups in total. The SMILES string of the molecule is CCCC1CCN(C(C)CC(N)=NO)C1. The van der Waals surface area contributed by atoms with Crippen molar-refractivity contribution in [3.05, 3.63) is 0 Å². The topological polar surface area (TPSA) is 61.8 Å². The fraction of sp³-hybridized carbons (Fsp3) is 0.909. The van der Waals surface area contributed by atoms with Crippen molar-refractivity contribution in [3.8, 4) is 0 Å². The van der Waals surface area contributed by atoms with Crippen LogP contribution >= 0.6 is 0 Å². The molecule has 0 spiro atoms. The van der Waals surface area contributed by atoms with Gasteiger partial charge in [-0.2, -0.15) is 0 Å². The van der Waals surface area contributed by atoms with E-state index in [2.05, 4.69) is 23.9 Å². The molecule has 0 aliphatic carbocycles. The molecule has 4 heteroatoms. The van der Waals surface area contributed by atoms with E-state index in [0.29, 0.717) is 18.3 Å². The van der Waals surface area contributed by atoms with E-state index in [1.807, 2.05) is 0 Å². The van der Waals surface area contributed by atoms with Crippen molar-refractivity contribution < 1.29 is 5.21 Å². The van der Waals surface area contributed by atoms with Crippen LogP contribution in [0.25, 0.3) is 0 Å². The number of oxime groups is 1. The number of nitrogens with zero attached hydrogens (tertiary/aromatic N) is 2. The highest BCUT2D eigenvalue weighted by Gasteiger charge is 2.25. The second-order valence-electron chi connectivity index (χ2n) is 4.58. The van der Waals surface area contributed by atoms with Gasteiger partial charge in [-0.15, -0.1) is 0 Å². The minimum atomic E-state index is 0.335. The summed E-state index contributed by atoms with van der Waals surface area (Å²) in [6.07, 6.45) is 4.56. The third-order valence-electron chi connectivity index (χ3n) is 3.27. The quantitative estimate of drug-likeness (QED) is 0.316. The van der Waals surface area contributed by atoms with Crippen molar-refractivity contribution in [1.82, 2.24) is 4.90 Å². The molecule has 1 aliphatic rings. The lowest BCUT2D eigenvalue weighted by Gasteiger charge is -2.23. The van der Waals surface area contributed by atoms with E-state index in [0.717, 1.165) is 12.5 Å². The van der Waals surface area contributed by atoms with Gasteiger partial charge in [0, 0.05) is 19.0 Å². The van der Waals surface area contributed by atoms with Crippen molar-refractivity contribution >= 4 is 5.84 Å². The lowest BCUT2D eigenvalue weighted by Crippen LogP contribution is -2.34. The van der Waals surface area contributed by atoms with Crippen LogP contribution in [0.2, 0.25) is 0 Å². The molecule has 88 valence electrons. The summed E-state index contributed by atoms with van der Waals surface area (Å²) in [5.74, 6) is 1.19. The van der Waals surface area contributed by atoms with E-state index in [1.54, 1.807) is 0 Å². The summed E-state index contributed by atoms with van der Waals surface area (Å²) in [7, 11) is 0. The molecule has 0 aromatic rings. The Morgan fingerprint density at radius 2 is 2.40 bits per heavy atom. The molecular weight excluding hydrogens is 190 g/mol. The van der Waals surface area contributed by atoms with Crippen LogP contribution in [0.15, 0.2) is 5.16 Å². The molecule has 2 atom stereocenters. The third-order valence-corrected chi connectivity index (χ3v) is 3.27. The van der Waals surface area contributed by atoms with Crippen LogP contribution in [0, 0.1) is 5.92 Å². The fourth-order valence-corrected chi connectivity index (χ4v) is 2.38. The average Bonchev–Trinajstić information content (AvgIpc) is 2.67. The van der Waals surface area contributed by atoms with Crippen LogP contribution in [0.1, 0.15) is 39.5 Å². The van der Waals surface area contributed by atoms with Gasteiger partial charge in [0.15, 0.2) is 0 Å². The first kappa shape index (κ1) is 12.3. The van der Waals surface area contributed by atoms with Crippen LogP contribution in [0.4, 0.5) is 0 Å². The Kier molecular flexibility index (Phi) is 4.88. The lowest BCUT2D eigenvalue weighted by atomic mass is 10.0. The normalized spacial score (nSPS) is 25.7. The predicted octanol–water partition coefficient (Wildman–Crippen LogP) is 1.63. The summed E-state index contributed by atoms with van der Waals surface area (Å²) in [5.41, 5.74) is 5.51. The molecule has 2 unspecified atom stereocenters. The highest BCUT2D eigenvalue weighted by molar-refractivity contribution is 5.80. The molecule has 0 bridgehead atoms. The Bertz CT molecular complexity index is 218. The molecule has 1 rings (SSSR count). The smallest absolute Gasteiger partial charge is 0.140 e. The number of nitrogens with two attached hydrogens (primary N) is 1. The van der Waals surface area contributed by atoms with E-state index < -0.39 is 0 Å². The van der Waals surface area contributed by atoms with Gasteiger partial charge in [-0.25, -0.2) is 0 Å². The minimum absolute atomic E-state index is 0.335. The Hall–Kier alpha value is -0.770. The van der Waals surface area contributed by atoms with Crippen LogP contribution in [-0.4, -0.2) is 35.1 Å². The Morgan fingerprint density at radius 3 is 3.00 bits per heavy atom. The van der Waals surface area contributed by atoms with Crippen LogP contribution in [0.5, 0.6) is 0 Å². The lowest BCUT2D eigenvalue weighted by molar-refractivity contribution is 0.248. The van der Waals surface area contributed by atoms with Gasteiger partial charge in [0.2, 0.25) is 0 Å². The van der Waals surface area contributed by atoms with Crippen molar-refractivity contribution in [1.29, 1.82) is 0 Å². The highest BCUT2D eigenvalue weighted by Crippen LogP contribution is 2.23. The van der Waals surface area contributed by atoms with E-state index in [1.165, 1.54) is 25.8 Å². The summed E-state index contributed by atoms with van der Waals surface area (Å²) in [6, 6.07) is 0.391. The molecule has 0 aromatic carbocycles. The van der Waals surface area contributed by atoms with Gasteiger partial charge < -0.3 is 10.9 Å². The zero-order valence-electron chi connectivity index (χ0n) is 9.82. The Balaban J connectivity index is 2.33. The fourth-order valence-electron chi connectivity index (χ4n) is 2.38. The highest BCUT2D eigenvalue weighted by atomic mass is 16.4. The average molecular weight is 213 g/mol. The van der Waals surface area contributed by atoms with Crippen LogP contribution < -0.4 is 5.73 Å². The maximum absolute atomic E-state index is 8.51. The van der Waals surface area contributed by atoms with Gasteiger partial charge in [-0.1, -0.05) is 18.5 Å². The Labute approximate surface area is 92.1 Å². The molecular formula is C11H23N3O. The maximum atomic E-state index is 8.51. The first-order chi connectivity index (χ1) is 7.17. The second-order valence-corrected chi connectivity index (χ2v) is 4.58. The standard InChI is InChI=1S/C11H23N3O/c1-3-4-10-5-6-14(8-10)9(2)7-11(12)13-15/h9-10,15H,3-8H2,1-2H3,(H2,12,13). The van der Waals surface area contributed by atoms with Gasteiger partial charge in [0.05, 0.1) is 0 Å². The third kappa shape index (κ3) is 3.70. The molecule has 0 radical (unpaired) electrons. The molecule has 4 nitrogen and oxygen atoms in total. The summed E-state index contributed by atoms with van der Waals surface area (Å²) in [4.78, 5) is 2.44. The van der Waals surface area contributed by atoms with Gasteiger partial charge in [0.1, 0.15) is 5.84 Å². The zero-order chi connectivity index (χ0) is 11.3. The molecule has 1 heterocycles. The Morgan fingerprint density at radius 1 is 1.67 bits per heavy atom. The zero-order valence-corrected chi connectivity index (χ0v) is 9.82. The van der Waals surface area contributed by atoms with E-state index in [-0.39, 0.29) is 0 Å². The number of likely N-dealkylation sites (tertiary alicyclic amines) is 1. The number of rotatable bonds is 5. The van der Waals surface area contributed by atoms with Crippen LogP contribution in [0.3, 0.4) is 0 Å². The number of hydrogen-bond acceptors (Lipinski definition) is 3. The molecule has 0 amide bonds. The van der Waals surface area contributed by atoms with Crippen molar-refractivity contribution in [2.45, 2.75) is 45.6 Å². The van der Waals surface area contributed by atoms with Crippen LogP contribution in [-0.2, 0) is 0 Å². The van der Waals surface area contributed by atoms with Crippen molar-refractivity contribution in [2.75, 3.05) is 13.1 Å². The minimum Gasteiger partial charge on any atom is -0.409 e. The molecule has 15 heavy (non-hydrogen) atoms. The second kappa shape index (κ2) is 5.95. The van der Waals surface area contributed by atoms with Crippen molar-refractivity contribution in [2.24, 2.45) is 16.8 Å². The number of hydrogen-bond donors (Lipinski definition) is 2. The monoisotopic (exact) mass is 213 g/mol. The first-order valence-corrected chi connectivity index (χ1v) is 5.87. The van der Waals surface area contributed by atoms with Gasteiger partial charge >= 0.3 is 0 Å². The first-order valence-electron chi connectivity index (χ1n) is 5.87. The van der Waals surface area contributed by atoms with Gasteiger partial charge in [0.25, 0.3) is 0 Å². The molecule has 1 saturated heterocycles. The molecule has 1 fully saturated rings. The number of amidine groups is 1. The summed E-state index contributed by atoms with van der Waals surface area (Å²) >= 11 is 0. The van der Waals surface area contributed by atoms with Gasteiger partial charge in [-0.05, 0) is 32.2 Å². The largest absolute Gasteiger partial charge is 0.409 e. The summed E-state index contributed by atoms with van der Waals surface area (Å²) in [5, 5.41) is 11.5. The molecule has 1 aliphatic heterocycles. The molecule has 0 saturated carbocycles. The summed E-state index contributed by atoms with van der Waals surface area (Å²) in [6.45, 7) is 6.72. The predicted molar refractivity (Wildman–Crippen MR) is 62.1 cm³/mol. The van der Waals surface area contributed by atoms with E-state index >= 15 is 0 Å². The molecule has 0 aromatic heterocycles. The van der Waals surface area contributed by atoms with E-state index in [4.69, 9.17) is 10.9 Å².